The van der Waals surface area contributed by atoms with Crippen LogP contribution in [0.2, 0.25) is 0 Å². The van der Waals surface area contributed by atoms with Gasteiger partial charge in [-0.1, -0.05) is 18.0 Å². The first-order valence-electron chi connectivity index (χ1n) is 8.99. The Balaban J connectivity index is 0.00000210. The molecule has 7 heteroatoms. The molecule has 1 aliphatic rings. The molecule has 0 atom stereocenters. The Labute approximate surface area is 165 Å². The number of nitrogens with zero attached hydrogens (tertiary/aromatic N) is 3. The van der Waals surface area contributed by atoms with Crippen molar-refractivity contribution in [3.63, 3.8) is 0 Å². The maximum atomic E-state index is 6.46. The maximum Gasteiger partial charge on any atom is 0.259 e. The summed E-state index contributed by atoms with van der Waals surface area (Å²) in [5.74, 6) is 1.99. The molecule has 1 aromatic carbocycles. The number of halogens is 1. The van der Waals surface area contributed by atoms with Crippen LogP contribution in [0, 0.1) is 13.8 Å². The minimum atomic E-state index is -0.441. The number of aromatic nitrogens is 3. The first kappa shape index (κ1) is 19.5. The summed E-state index contributed by atoms with van der Waals surface area (Å²) in [6.45, 7) is 4.13. The molecule has 2 aromatic heterocycles. The number of rotatable bonds is 4. The van der Waals surface area contributed by atoms with Gasteiger partial charge in [-0.3, -0.25) is 0 Å². The third kappa shape index (κ3) is 3.35. The lowest BCUT2D eigenvalue weighted by Crippen LogP contribution is -2.34. The molecule has 0 unspecified atom stereocenters. The summed E-state index contributed by atoms with van der Waals surface area (Å²) in [6, 6.07) is 10.1. The fourth-order valence-corrected chi connectivity index (χ4v) is 3.87. The molecular weight excluding hydrogens is 364 g/mol. The lowest BCUT2D eigenvalue weighted by atomic mass is 9.99. The smallest absolute Gasteiger partial charge is 0.259 e. The molecule has 2 N–H and O–H groups in total. The van der Waals surface area contributed by atoms with Crippen molar-refractivity contribution in [3.8, 4) is 22.9 Å². The van der Waals surface area contributed by atoms with Gasteiger partial charge < -0.3 is 19.6 Å². The Bertz CT molecular complexity index is 924. The van der Waals surface area contributed by atoms with Crippen LogP contribution in [0.15, 0.2) is 34.9 Å². The van der Waals surface area contributed by atoms with E-state index in [4.69, 9.17) is 15.0 Å². The molecule has 144 valence electrons. The first-order chi connectivity index (χ1) is 12.5. The third-order valence-electron chi connectivity index (χ3n) is 5.36. The van der Waals surface area contributed by atoms with Crippen molar-refractivity contribution in [3.05, 3.63) is 47.5 Å². The van der Waals surface area contributed by atoms with Crippen molar-refractivity contribution in [2.45, 2.75) is 45.1 Å². The number of benzene rings is 1. The van der Waals surface area contributed by atoms with E-state index in [0.29, 0.717) is 11.7 Å². The minimum absolute atomic E-state index is 0. The average Bonchev–Trinajstić information content (AvgIpc) is 3.35. The largest absolute Gasteiger partial charge is 0.497 e. The molecule has 4 rings (SSSR count). The number of nitrogens with two attached hydrogens (primary N) is 1. The molecule has 6 nitrogen and oxygen atoms in total. The van der Waals surface area contributed by atoms with E-state index < -0.39 is 5.54 Å². The van der Waals surface area contributed by atoms with Crippen LogP contribution >= 0.6 is 12.4 Å². The van der Waals surface area contributed by atoms with Crippen molar-refractivity contribution in [2.24, 2.45) is 5.73 Å². The predicted molar refractivity (Wildman–Crippen MR) is 107 cm³/mol. The van der Waals surface area contributed by atoms with E-state index in [1.54, 1.807) is 7.11 Å². The van der Waals surface area contributed by atoms with E-state index in [2.05, 4.69) is 34.6 Å². The monoisotopic (exact) mass is 388 g/mol. The Morgan fingerprint density at radius 3 is 2.44 bits per heavy atom. The van der Waals surface area contributed by atoms with Crippen LogP contribution < -0.4 is 10.5 Å². The highest BCUT2D eigenvalue weighted by molar-refractivity contribution is 5.85. The molecule has 1 aliphatic carbocycles. The van der Waals surface area contributed by atoms with Crippen LogP contribution in [-0.4, -0.2) is 21.8 Å². The number of methoxy groups -OCH3 is 1. The lowest BCUT2D eigenvalue weighted by molar-refractivity contribution is 0.372. The second-order valence-electron chi connectivity index (χ2n) is 7.10. The lowest BCUT2D eigenvalue weighted by Gasteiger charge is -2.17. The van der Waals surface area contributed by atoms with E-state index in [1.807, 2.05) is 24.3 Å². The van der Waals surface area contributed by atoms with Gasteiger partial charge in [-0.05, 0) is 57.0 Å². The molecule has 0 saturated heterocycles. The third-order valence-corrected chi connectivity index (χ3v) is 5.36. The first-order valence-corrected chi connectivity index (χ1v) is 8.99. The number of ether oxygens (including phenoxy) is 1. The zero-order chi connectivity index (χ0) is 18.3. The van der Waals surface area contributed by atoms with Crippen LogP contribution in [-0.2, 0) is 5.54 Å². The summed E-state index contributed by atoms with van der Waals surface area (Å²) >= 11 is 0. The molecule has 0 amide bonds. The highest BCUT2D eigenvalue weighted by Crippen LogP contribution is 2.36. The molecule has 1 saturated carbocycles. The summed E-state index contributed by atoms with van der Waals surface area (Å²) in [5.41, 5.74) is 10.2. The maximum absolute atomic E-state index is 6.46. The summed E-state index contributed by atoms with van der Waals surface area (Å²) in [4.78, 5) is 4.63. The predicted octanol–water partition coefficient (Wildman–Crippen LogP) is 4.30. The Morgan fingerprint density at radius 2 is 1.81 bits per heavy atom. The molecule has 3 aromatic rings. The molecule has 1 fully saturated rings. The van der Waals surface area contributed by atoms with E-state index in [0.717, 1.165) is 54.1 Å². The molecule has 0 aliphatic heterocycles. The van der Waals surface area contributed by atoms with Crippen molar-refractivity contribution in [1.29, 1.82) is 0 Å². The molecule has 0 spiro atoms. The summed E-state index contributed by atoms with van der Waals surface area (Å²) < 4.78 is 13.0. The molecule has 0 radical (unpaired) electrons. The summed E-state index contributed by atoms with van der Waals surface area (Å²) in [6.07, 6.45) is 4.06. The molecule has 0 bridgehead atoms. The van der Waals surface area contributed by atoms with Crippen LogP contribution in [0.1, 0.15) is 42.9 Å². The number of hydrogen-bond acceptors (Lipinski definition) is 5. The van der Waals surface area contributed by atoms with E-state index in [-0.39, 0.29) is 12.4 Å². The van der Waals surface area contributed by atoms with Crippen LogP contribution in [0.25, 0.3) is 17.1 Å². The standard InChI is InChI=1S/C20H24N4O2.ClH/c1-13-12-17(14(2)24(13)15-6-8-16(25-3)9-7-15)18-22-19(23-26-18)20(21)10-4-5-11-20;/h6-9,12H,4-5,10-11,21H2,1-3H3;1H. The van der Waals surface area contributed by atoms with Crippen molar-refractivity contribution >= 4 is 12.4 Å². The van der Waals surface area contributed by atoms with Gasteiger partial charge in [0.1, 0.15) is 5.75 Å². The van der Waals surface area contributed by atoms with E-state index in [1.165, 1.54) is 0 Å². The number of hydrogen-bond donors (Lipinski definition) is 1. The van der Waals surface area contributed by atoms with Crippen molar-refractivity contribution in [1.82, 2.24) is 14.7 Å². The van der Waals surface area contributed by atoms with Gasteiger partial charge in [-0.15, -0.1) is 12.4 Å². The second kappa shape index (κ2) is 7.37. The topological polar surface area (TPSA) is 79.1 Å². The van der Waals surface area contributed by atoms with Gasteiger partial charge >= 0.3 is 0 Å². The highest BCUT2D eigenvalue weighted by Gasteiger charge is 2.36. The van der Waals surface area contributed by atoms with Gasteiger partial charge in [0.2, 0.25) is 0 Å². The molecular formula is C20H25ClN4O2. The van der Waals surface area contributed by atoms with Crippen LogP contribution in [0.3, 0.4) is 0 Å². The van der Waals surface area contributed by atoms with E-state index in [9.17, 15) is 0 Å². The zero-order valence-corrected chi connectivity index (χ0v) is 16.7. The average molecular weight is 389 g/mol. The minimum Gasteiger partial charge on any atom is -0.497 e. The van der Waals surface area contributed by atoms with Gasteiger partial charge in [0, 0.05) is 17.1 Å². The quantitative estimate of drug-likeness (QED) is 0.720. The zero-order valence-electron chi connectivity index (χ0n) is 15.9. The second-order valence-corrected chi connectivity index (χ2v) is 7.10. The van der Waals surface area contributed by atoms with Crippen LogP contribution in [0.5, 0.6) is 5.75 Å². The van der Waals surface area contributed by atoms with Gasteiger partial charge in [-0.25, -0.2) is 0 Å². The van der Waals surface area contributed by atoms with Gasteiger partial charge in [0.25, 0.3) is 5.89 Å². The van der Waals surface area contributed by atoms with Gasteiger partial charge in [0.15, 0.2) is 5.82 Å². The Morgan fingerprint density at radius 1 is 1.15 bits per heavy atom. The summed E-state index contributed by atoms with van der Waals surface area (Å²) in [7, 11) is 1.67. The Hall–Kier alpha value is -2.31. The van der Waals surface area contributed by atoms with Gasteiger partial charge in [0.05, 0.1) is 18.2 Å². The van der Waals surface area contributed by atoms with Crippen molar-refractivity contribution in [2.75, 3.05) is 7.11 Å². The molecule has 2 heterocycles. The molecule has 27 heavy (non-hydrogen) atoms. The van der Waals surface area contributed by atoms with Gasteiger partial charge in [-0.2, -0.15) is 4.98 Å². The van der Waals surface area contributed by atoms with Crippen molar-refractivity contribution < 1.29 is 9.26 Å². The van der Waals surface area contributed by atoms with E-state index >= 15 is 0 Å². The van der Waals surface area contributed by atoms with Crippen LogP contribution in [0.4, 0.5) is 0 Å². The summed E-state index contributed by atoms with van der Waals surface area (Å²) in [5, 5.41) is 4.18. The SMILES string of the molecule is COc1ccc(-n2c(C)cc(-c3nc(C4(N)CCCC4)no3)c2C)cc1.Cl. The normalized spacial score (nSPS) is 15.6. The fraction of sp³-hybridized carbons (Fsp3) is 0.400. The number of aryl methyl sites for hydroxylation is 1. The highest BCUT2D eigenvalue weighted by atomic mass is 35.5. The fourth-order valence-electron chi connectivity index (χ4n) is 3.87. The Kier molecular flexibility index (Phi) is 5.31.